The van der Waals surface area contributed by atoms with Crippen molar-refractivity contribution >= 4 is 18.1 Å². The largest absolute Gasteiger partial charge is 0.497 e. The Labute approximate surface area is 143 Å². The van der Waals surface area contributed by atoms with Gasteiger partial charge in [-0.05, 0) is 49.6 Å². The second kappa shape index (κ2) is 7.81. The normalized spacial score (nSPS) is 14.8. The van der Waals surface area contributed by atoms with Crippen LogP contribution in [-0.2, 0) is 0 Å². The van der Waals surface area contributed by atoms with Crippen molar-refractivity contribution in [1.82, 2.24) is 9.97 Å². The van der Waals surface area contributed by atoms with Crippen LogP contribution in [0.5, 0.6) is 11.5 Å². The van der Waals surface area contributed by atoms with Crippen LogP contribution in [0.4, 0.5) is 5.95 Å². The Morgan fingerprint density at radius 2 is 1.83 bits per heavy atom. The molecular formula is C19H23N3O2. The van der Waals surface area contributed by atoms with E-state index in [1.807, 2.05) is 42.6 Å². The van der Waals surface area contributed by atoms with E-state index in [1.165, 1.54) is 19.3 Å². The number of nitrogens with zero attached hydrogens (tertiary/aromatic N) is 3. The number of piperidine rings is 1. The smallest absolute Gasteiger partial charge is 0.225 e. The predicted octanol–water partition coefficient (Wildman–Crippen LogP) is 3.65. The molecule has 0 atom stereocenters. The summed E-state index contributed by atoms with van der Waals surface area (Å²) in [6.45, 7) is 2.08. The van der Waals surface area contributed by atoms with E-state index in [4.69, 9.17) is 9.47 Å². The standard InChI is InChI=1S/C19H23N3O2/c1-23-17-9-7-15(18(14-17)24-2)6-8-16-10-11-20-19(21-16)22-12-4-3-5-13-22/h6-11,14H,3-5,12-13H2,1-2H3. The van der Waals surface area contributed by atoms with Gasteiger partial charge >= 0.3 is 0 Å². The van der Waals surface area contributed by atoms with Crippen LogP contribution < -0.4 is 14.4 Å². The minimum absolute atomic E-state index is 0.774. The number of anilines is 1. The maximum Gasteiger partial charge on any atom is 0.225 e. The molecule has 0 bridgehead atoms. The van der Waals surface area contributed by atoms with Crippen molar-refractivity contribution in [3.8, 4) is 11.5 Å². The summed E-state index contributed by atoms with van der Waals surface area (Å²) >= 11 is 0. The summed E-state index contributed by atoms with van der Waals surface area (Å²) in [5.74, 6) is 2.37. The number of aromatic nitrogens is 2. The monoisotopic (exact) mass is 325 g/mol. The number of benzene rings is 1. The summed E-state index contributed by atoms with van der Waals surface area (Å²) in [4.78, 5) is 11.3. The van der Waals surface area contributed by atoms with Crippen LogP contribution in [-0.4, -0.2) is 37.3 Å². The zero-order chi connectivity index (χ0) is 16.8. The Hall–Kier alpha value is -2.56. The molecule has 0 saturated carbocycles. The predicted molar refractivity (Wildman–Crippen MR) is 96.6 cm³/mol. The average Bonchev–Trinajstić information content (AvgIpc) is 2.67. The van der Waals surface area contributed by atoms with Crippen molar-refractivity contribution in [1.29, 1.82) is 0 Å². The highest BCUT2D eigenvalue weighted by Crippen LogP contribution is 2.26. The number of methoxy groups -OCH3 is 2. The Balaban J connectivity index is 1.79. The summed E-state index contributed by atoms with van der Waals surface area (Å²) in [6.07, 6.45) is 9.54. The molecule has 1 aromatic heterocycles. The van der Waals surface area contributed by atoms with Crippen LogP contribution in [0.3, 0.4) is 0 Å². The van der Waals surface area contributed by atoms with Crippen molar-refractivity contribution in [2.75, 3.05) is 32.2 Å². The van der Waals surface area contributed by atoms with Gasteiger partial charge in [-0.15, -0.1) is 0 Å². The van der Waals surface area contributed by atoms with Gasteiger partial charge in [0.1, 0.15) is 11.5 Å². The molecule has 24 heavy (non-hydrogen) atoms. The number of rotatable bonds is 5. The number of hydrogen-bond donors (Lipinski definition) is 0. The number of hydrogen-bond acceptors (Lipinski definition) is 5. The third-order valence-electron chi connectivity index (χ3n) is 4.18. The van der Waals surface area contributed by atoms with E-state index in [1.54, 1.807) is 14.2 Å². The fraction of sp³-hybridized carbons (Fsp3) is 0.368. The van der Waals surface area contributed by atoms with E-state index in [2.05, 4.69) is 14.9 Å². The van der Waals surface area contributed by atoms with E-state index >= 15 is 0 Å². The van der Waals surface area contributed by atoms with Crippen LogP contribution in [0.25, 0.3) is 12.2 Å². The third kappa shape index (κ3) is 3.85. The topological polar surface area (TPSA) is 47.5 Å². The minimum atomic E-state index is 0.774. The zero-order valence-electron chi connectivity index (χ0n) is 14.2. The molecule has 0 radical (unpaired) electrons. The Kier molecular flexibility index (Phi) is 5.31. The van der Waals surface area contributed by atoms with E-state index in [0.717, 1.165) is 41.8 Å². The van der Waals surface area contributed by atoms with Crippen molar-refractivity contribution in [2.24, 2.45) is 0 Å². The molecule has 1 aromatic carbocycles. The molecule has 1 fully saturated rings. The first-order valence-electron chi connectivity index (χ1n) is 8.28. The van der Waals surface area contributed by atoms with Gasteiger partial charge < -0.3 is 14.4 Å². The maximum absolute atomic E-state index is 5.42. The lowest BCUT2D eigenvalue weighted by Crippen LogP contribution is -2.31. The molecule has 1 saturated heterocycles. The van der Waals surface area contributed by atoms with Gasteiger partial charge in [0.15, 0.2) is 0 Å². The van der Waals surface area contributed by atoms with E-state index < -0.39 is 0 Å². The zero-order valence-corrected chi connectivity index (χ0v) is 14.2. The van der Waals surface area contributed by atoms with Gasteiger partial charge in [-0.3, -0.25) is 0 Å². The SMILES string of the molecule is COc1ccc(C=Cc2ccnc(N3CCCCC3)n2)c(OC)c1. The first kappa shape index (κ1) is 16.3. The van der Waals surface area contributed by atoms with Gasteiger partial charge in [0.05, 0.1) is 19.9 Å². The molecule has 0 N–H and O–H groups in total. The van der Waals surface area contributed by atoms with Crippen molar-refractivity contribution in [2.45, 2.75) is 19.3 Å². The van der Waals surface area contributed by atoms with Crippen molar-refractivity contribution < 1.29 is 9.47 Å². The molecule has 2 aromatic rings. The number of ether oxygens (including phenoxy) is 2. The lowest BCUT2D eigenvalue weighted by atomic mass is 10.1. The molecule has 1 aliphatic heterocycles. The first-order valence-corrected chi connectivity index (χ1v) is 8.28. The molecule has 0 amide bonds. The summed E-state index contributed by atoms with van der Waals surface area (Å²) in [5.41, 5.74) is 1.87. The summed E-state index contributed by atoms with van der Waals surface area (Å²) in [5, 5.41) is 0. The summed E-state index contributed by atoms with van der Waals surface area (Å²) in [7, 11) is 3.30. The second-order valence-corrected chi connectivity index (χ2v) is 5.77. The van der Waals surface area contributed by atoms with E-state index in [0.29, 0.717) is 0 Å². The van der Waals surface area contributed by atoms with Crippen LogP contribution in [0.1, 0.15) is 30.5 Å². The lowest BCUT2D eigenvalue weighted by molar-refractivity contribution is 0.394. The lowest BCUT2D eigenvalue weighted by Gasteiger charge is -2.26. The molecule has 126 valence electrons. The van der Waals surface area contributed by atoms with Gasteiger partial charge in [0.2, 0.25) is 5.95 Å². The molecular weight excluding hydrogens is 302 g/mol. The maximum atomic E-state index is 5.42. The highest BCUT2D eigenvalue weighted by atomic mass is 16.5. The van der Waals surface area contributed by atoms with Crippen LogP contribution in [0.2, 0.25) is 0 Å². The Morgan fingerprint density at radius 1 is 1.00 bits per heavy atom. The fourth-order valence-electron chi connectivity index (χ4n) is 2.83. The second-order valence-electron chi connectivity index (χ2n) is 5.77. The molecule has 5 heteroatoms. The molecule has 5 nitrogen and oxygen atoms in total. The molecule has 2 heterocycles. The van der Waals surface area contributed by atoms with E-state index in [-0.39, 0.29) is 0 Å². The average molecular weight is 325 g/mol. The van der Waals surface area contributed by atoms with Crippen molar-refractivity contribution in [3.63, 3.8) is 0 Å². The highest BCUT2D eigenvalue weighted by molar-refractivity contribution is 5.72. The Morgan fingerprint density at radius 3 is 2.58 bits per heavy atom. The summed E-state index contributed by atoms with van der Waals surface area (Å²) in [6, 6.07) is 7.68. The first-order chi connectivity index (χ1) is 11.8. The molecule has 0 spiro atoms. The minimum Gasteiger partial charge on any atom is -0.497 e. The molecule has 3 rings (SSSR count). The van der Waals surface area contributed by atoms with Crippen LogP contribution in [0.15, 0.2) is 30.5 Å². The van der Waals surface area contributed by atoms with Crippen molar-refractivity contribution in [3.05, 3.63) is 41.7 Å². The van der Waals surface area contributed by atoms with Crippen LogP contribution >= 0.6 is 0 Å². The summed E-state index contributed by atoms with van der Waals surface area (Å²) < 4.78 is 10.7. The van der Waals surface area contributed by atoms with Gasteiger partial charge in [-0.1, -0.05) is 0 Å². The van der Waals surface area contributed by atoms with Gasteiger partial charge in [-0.25, -0.2) is 9.97 Å². The van der Waals surface area contributed by atoms with Gasteiger partial charge in [0, 0.05) is 30.9 Å². The Bertz CT molecular complexity index is 710. The van der Waals surface area contributed by atoms with Gasteiger partial charge in [0.25, 0.3) is 0 Å². The molecule has 1 aliphatic rings. The fourth-order valence-corrected chi connectivity index (χ4v) is 2.83. The highest BCUT2D eigenvalue weighted by Gasteiger charge is 2.13. The van der Waals surface area contributed by atoms with Crippen LogP contribution in [0, 0.1) is 0 Å². The third-order valence-corrected chi connectivity index (χ3v) is 4.18. The molecule has 0 aliphatic carbocycles. The van der Waals surface area contributed by atoms with Gasteiger partial charge in [-0.2, -0.15) is 0 Å². The quantitative estimate of drug-likeness (QED) is 0.839. The van der Waals surface area contributed by atoms with E-state index in [9.17, 15) is 0 Å². The molecule has 0 unspecified atom stereocenters.